The first-order chi connectivity index (χ1) is 11.8. The molecule has 0 saturated heterocycles. The fourth-order valence-corrected chi connectivity index (χ4v) is 3.04. The third-order valence-electron chi connectivity index (χ3n) is 4.02. The number of anilines is 1. The summed E-state index contributed by atoms with van der Waals surface area (Å²) >= 11 is 12.0. The normalized spacial score (nSPS) is 11.9. The average molecular weight is 382 g/mol. The fraction of sp³-hybridized carbons (Fsp3) is 0.316. The van der Waals surface area contributed by atoms with Gasteiger partial charge in [0.1, 0.15) is 11.5 Å². The first-order valence-corrected chi connectivity index (χ1v) is 8.78. The Hall–Kier alpha value is -1.91. The van der Waals surface area contributed by atoms with Crippen molar-refractivity contribution in [2.24, 2.45) is 0 Å². The van der Waals surface area contributed by atoms with Gasteiger partial charge in [-0.1, -0.05) is 43.1 Å². The topological polar surface area (TPSA) is 58.6 Å². The molecule has 0 aliphatic carbocycles. The van der Waals surface area contributed by atoms with E-state index < -0.39 is 0 Å². The van der Waals surface area contributed by atoms with Gasteiger partial charge in [0.15, 0.2) is 6.61 Å². The van der Waals surface area contributed by atoms with Crippen LogP contribution < -0.4 is 10.1 Å². The summed E-state index contributed by atoms with van der Waals surface area (Å²) in [6.45, 7) is 5.75. The molecule has 0 spiro atoms. The van der Waals surface area contributed by atoms with Crippen LogP contribution in [0.5, 0.6) is 11.5 Å². The Morgan fingerprint density at radius 2 is 2.00 bits per heavy atom. The molecular formula is C19H21Cl2NO3. The smallest absolute Gasteiger partial charge is 0.262 e. The van der Waals surface area contributed by atoms with E-state index in [1.54, 1.807) is 31.2 Å². The van der Waals surface area contributed by atoms with Gasteiger partial charge in [-0.25, -0.2) is 0 Å². The number of phenols is 1. The third kappa shape index (κ3) is 5.03. The molecule has 0 fully saturated rings. The molecular weight excluding hydrogens is 361 g/mol. The largest absolute Gasteiger partial charge is 0.506 e. The van der Waals surface area contributed by atoms with Crippen LogP contribution in [0.1, 0.15) is 37.3 Å². The lowest BCUT2D eigenvalue weighted by atomic mass is 9.98. The highest BCUT2D eigenvalue weighted by Gasteiger charge is 2.13. The number of ether oxygens (including phenoxy) is 1. The van der Waals surface area contributed by atoms with Crippen molar-refractivity contribution in [3.05, 3.63) is 51.5 Å². The number of amides is 1. The van der Waals surface area contributed by atoms with Crippen molar-refractivity contribution in [2.75, 3.05) is 11.9 Å². The van der Waals surface area contributed by atoms with Crippen molar-refractivity contribution in [2.45, 2.75) is 33.1 Å². The van der Waals surface area contributed by atoms with E-state index in [9.17, 15) is 9.90 Å². The number of halogens is 2. The summed E-state index contributed by atoms with van der Waals surface area (Å²) in [7, 11) is 0. The first kappa shape index (κ1) is 19.4. The van der Waals surface area contributed by atoms with E-state index in [-0.39, 0.29) is 18.3 Å². The zero-order valence-electron chi connectivity index (χ0n) is 14.4. The predicted octanol–water partition coefficient (Wildman–Crippen LogP) is 5.54. The summed E-state index contributed by atoms with van der Waals surface area (Å²) in [4.78, 5) is 12.2. The van der Waals surface area contributed by atoms with Gasteiger partial charge < -0.3 is 15.2 Å². The summed E-state index contributed by atoms with van der Waals surface area (Å²) in [5.41, 5.74) is 2.16. The Morgan fingerprint density at radius 1 is 1.28 bits per heavy atom. The number of nitrogens with one attached hydrogen (secondary N) is 1. The van der Waals surface area contributed by atoms with Gasteiger partial charge in [0.25, 0.3) is 5.91 Å². The summed E-state index contributed by atoms with van der Waals surface area (Å²) < 4.78 is 5.51. The Morgan fingerprint density at radius 3 is 2.64 bits per heavy atom. The number of phenolic OH excluding ortho intramolecular Hbond substituents is 1. The number of benzene rings is 2. The third-order valence-corrected chi connectivity index (χ3v) is 4.52. The molecule has 0 aliphatic rings. The van der Waals surface area contributed by atoms with Gasteiger partial charge in [-0.2, -0.15) is 0 Å². The molecule has 0 bridgehead atoms. The van der Waals surface area contributed by atoms with Crippen LogP contribution in [0.25, 0.3) is 0 Å². The van der Waals surface area contributed by atoms with E-state index in [1.807, 2.05) is 6.07 Å². The quantitative estimate of drug-likeness (QED) is 0.645. The summed E-state index contributed by atoms with van der Waals surface area (Å²) in [5, 5.41) is 13.5. The van der Waals surface area contributed by atoms with E-state index in [2.05, 4.69) is 19.2 Å². The van der Waals surface area contributed by atoms with E-state index in [0.29, 0.717) is 27.4 Å². The molecule has 4 nitrogen and oxygen atoms in total. The van der Waals surface area contributed by atoms with Crippen molar-refractivity contribution in [3.63, 3.8) is 0 Å². The highest BCUT2D eigenvalue weighted by Crippen LogP contribution is 2.32. The van der Waals surface area contributed by atoms with Gasteiger partial charge in [-0.05, 0) is 54.7 Å². The molecule has 2 rings (SSSR count). The summed E-state index contributed by atoms with van der Waals surface area (Å²) in [6, 6.07) is 8.49. The zero-order valence-corrected chi connectivity index (χ0v) is 15.9. The summed E-state index contributed by atoms with van der Waals surface area (Å²) in [5.74, 6) is 0.380. The van der Waals surface area contributed by atoms with Gasteiger partial charge in [0, 0.05) is 5.02 Å². The predicted molar refractivity (Wildman–Crippen MR) is 102 cm³/mol. The molecule has 2 N–H and O–H groups in total. The van der Waals surface area contributed by atoms with Gasteiger partial charge in [0.05, 0.1) is 10.7 Å². The number of aryl methyl sites for hydroxylation is 1. The molecule has 6 heteroatoms. The van der Waals surface area contributed by atoms with Crippen molar-refractivity contribution in [3.8, 4) is 11.5 Å². The molecule has 25 heavy (non-hydrogen) atoms. The molecule has 1 atom stereocenters. The molecule has 0 radical (unpaired) electrons. The molecule has 1 amide bonds. The van der Waals surface area contributed by atoms with Crippen molar-refractivity contribution >= 4 is 34.8 Å². The van der Waals surface area contributed by atoms with Crippen LogP contribution in [0, 0.1) is 6.92 Å². The van der Waals surface area contributed by atoms with Crippen LogP contribution >= 0.6 is 23.2 Å². The lowest BCUT2D eigenvalue weighted by molar-refractivity contribution is -0.118. The molecule has 2 aromatic rings. The van der Waals surface area contributed by atoms with Gasteiger partial charge >= 0.3 is 0 Å². The average Bonchev–Trinajstić information content (AvgIpc) is 2.55. The number of aromatic hydroxyl groups is 1. The minimum Gasteiger partial charge on any atom is -0.506 e. The van der Waals surface area contributed by atoms with Gasteiger partial charge in [0.2, 0.25) is 0 Å². The van der Waals surface area contributed by atoms with Crippen LogP contribution in [-0.2, 0) is 4.79 Å². The molecule has 0 heterocycles. The monoisotopic (exact) mass is 381 g/mol. The lowest BCUT2D eigenvalue weighted by Crippen LogP contribution is -2.20. The van der Waals surface area contributed by atoms with Crippen molar-refractivity contribution in [1.29, 1.82) is 0 Å². The fourth-order valence-electron chi connectivity index (χ4n) is 2.39. The number of rotatable bonds is 6. The Bertz CT molecular complexity index is 754. The van der Waals surface area contributed by atoms with E-state index in [0.717, 1.165) is 17.5 Å². The standard InChI is InChI=1S/C19H21Cl2NO3/c1-4-11(2)13-5-6-17(23)16(8-13)22-18(24)10-25-19-12(3)7-14(20)9-15(19)21/h5-9,11,23H,4,10H2,1-3H3,(H,22,24)/t11-/m0/s1. The SMILES string of the molecule is CC[C@H](C)c1ccc(O)c(NC(=O)COc2c(C)cc(Cl)cc2Cl)c1. The van der Waals surface area contributed by atoms with Crippen LogP contribution in [-0.4, -0.2) is 17.6 Å². The van der Waals surface area contributed by atoms with E-state index in [4.69, 9.17) is 27.9 Å². The molecule has 134 valence electrons. The zero-order chi connectivity index (χ0) is 18.6. The van der Waals surface area contributed by atoms with Gasteiger partial charge in [-0.15, -0.1) is 0 Å². The van der Waals surface area contributed by atoms with Crippen molar-refractivity contribution < 1.29 is 14.6 Å². The molecule has 0 aliphatic heterocycles. The number of carbonyl (C=O) groups excluding carboxylic acids is 1. The van der Waals surface area contributed by atoms with Crippen LogP contribution in [0.4, 0.5) is 5.69 Å². The highest BCUT2D eigenvalue weighted by molar-refractivity contribution is 6.35. The Kier molecular flexibility index (Phi) is 6.57. The highest BCUT2D eigenvalue weighted by atomic mass is 35.5. The van der Waals surface area contributed by atoms with Crippen LogP contribution in [0.15, 0.2) is 30.3 Å². The minimum atomic E-state index is -0.387. The maximum absolute atomic E-state index is 12.2. The molecule has 2 aromatic carbocycles. The van der Waals surface area contributed by atoms with Crippen LogP contribution in [0.3, 0.4) is 0 Å². The molecule has 0 unspecified atom stereocenters. The Balaban J connectivity index is 2.06. The Labute approximate surface area is 157 Å². The van der Waals surface area contributed by atoms with Crippen molar-refractivity contribution in [1.82, 2.24) is 0 Å². The van der Waals surface area contributed by atoms with Crippen LogP contribution in [0.2, 0.25) is 10.0 Å². The minimum absolute atomic E-state index is 0.0149. The number of carbonyl (C=O) groups is 1. The number of hydrogen-bond acceptors (Lipinski definition) is 3. The first-order valence-electron chi connectivity index (χ1n) is 8.03. The van der Waals surface area contributed by atoms with E-state index in [1.165, 1.54) is 0 Å². The maximum Gasteiger partial charge on any atom is 0.262 e. The number of hydrogen-bond donors (Lipinski definition) is 2. The molecule has 0 saturated carbocycles. The second-order valence-corrected chi connectivity index (χ2v) is 6.80. The second-order valence-electron chi connectivity index (χ2n) is 5.96. The summed E-state index contributed by atoms with van der Waals surface area (Å²) in [6.07, 6.45) is 0.968. The molecule has 0 aromatic heterocycles. The maximum atomic E-state index is 12.2. The second kappa shape index (κ2) is 8.45. The van der Waals surface area contributed by atoms with Gasteiger partial charge in [-0.3, -0.25) is 4.79 Å². The lowest BCUT2D eigenvalue weighted by Gasteiger charge is -2.14. The van der Waals surface area contributed by atoms with E-state index >= 15 is 0 Å².